The van der Waals surface area contributed by atoms with Gasteiger partial charge in [-0.25, -0.2) is 4.98 Å². The Hall–Kier alpha value is -2.16. The van der Waals surface area contributed by atoms with Gasteiger partial charge in [-0.2, -0.15) is 5.26 Å². The Morgan fingerprint density at radius 3 is 3.00 bits per heavy atom. The van der Waals surface area contributed by atoms with Crippen molar-refractivity contribution in [1.29, 1.82) is 5.26 Å². The molecule has 2 rings (SSSR count). The SMILES string of the molecule is N#CCCN(c1cc([N+](=O)[O-])ccn1)C1CC1. The van der Waals surface area contributed by atoms with Crippen molar-refractivity contribution in [3.05, 3.63) is 28.4 Å². The van der Waals surface area contributed by atoms with Crippen molar-refractivity contribution in [2.24, 2.45) is 0 Å². The average molecular weight is 232 g/mol. The van der Waals surface area contributed by atoms with E-state index in [1.807, 2.05) is 4.90 Å². The molecule has 0 unspecified atom stereocenters. The van der Waals surface area contributed by atoms with Crippen LogP contribution in [0.25, 0.3) is 0 Å². The van der Waals surface area contributed by atoms with Gasteiger partial charge in [0.1, 0.15) is 5.82 Å². The van der Waals surface area contributed by atoms with Gasteiger partial charge in [-0.1, -0.05) is 0 Å². The monoisotopic (exact) mass is 232 g/mol. The molecule has 6 heteroatoms. The van der Waals surface area contributed by atoms with E-state index in [9.17, 15) is 10.1 Å². The lowest BCUT2D eigenvalue weighted by Gasteiger charge is -2.21. The number of pyridine rings is 1. The lowest BCUT2D eigenvalue weighted by atomic mass is 10.3. The van der Waals surface area contributed by atoms with Crippen molar-refractivity contribution in [1.82, 2.24) is 4.98 Å². The highest BCUT2D eigenvalue weighted by Crippen LogP contribution is 2.31. The molecule has 0 saturated heterocycles. The molecule has 6 nitrogen and oxygen atoms in total. The number of hydrogen-bond acceptors (Lipinski definition) is 5. The number of nitro groups is 1. The fourth-order valence-electron chi connectivity index (χ4n) is 1.72. The number of nitriles is 1. The fraction of sp³-hybridized carbons (Fsp3) is 0.455. The first-order valence-corrected chi connectivity index (χ1v) is 5.46. The van der Waals surface area contributed by atoms with Crippen LogP contribution in [0.15, 0.2) is 18.3 Å². The highest BCUT2D eigenvalue weighted by molar-refractivity contribution is 5.48. The molecule has 1 heterocycles. The zero-order valence-corrected chi connectivity index (χ0v) is 9.24. The van der Waals surface area contributed by atoms with Crippen LogP contribution in [0.1, 0.15) is 19.3 Å². The van der Waals surface area contributed by atoms with Gasteiger partial charge in [0, 0.05) is 24.8 Å². The number of hydrogen-bond donors (Lipinski definition) is 0. The quantitative estimate of drug-likeness (QED) is 0.571. The van der Waals surface area contributed by atoms with Gasteiger partial charge >= 0.3 is 0 Å². The summed E-state index contributed by atoms with van der Waals surface area (Å²) in [5, 5.41) is 19.3. The third-order valence-corrected chi connectivity index (χ3v) is 2.69. The van der Waals surface area contributed by atoms with Crippen LogP contribution in [0, 0.1) is 21.4 Å². The van der Waals surface area contributed by atoms with Gasteiger partial charge in [0.25, 0.3) is 5.69 Å². The lowest BCUT2D eigenvalue weighted by Crippen LogP contribution is -2.27. The van der Waals surface area contributed by atoms with E-state index >= 15 is 0 Å². The Bertz CT molecular complexity index is 465. The van der Waals surface area contributed by atoms with E-state index in [1.54, 1.807) is 0 Å². The second-order valence-electron chi connectivity index (χ2n) is 3.96. The largest absolute Gasteiger partial charge is 0.352 e. The Labute approximate surface area is 98.6 Å². The average Bonchev–Trinajstić information content (AvgIpc) is 3.14. The maximum absolute atomic E-state index is 10.7. The van der Waals surface area contributed by atoms with Crippen LogP contribution in [0.3, 0.4) is 0 Å². The minimum atomic E-state index is -0.430. The molecule has 0 N–H and O–H groups in total. The number of rotatable bonds is 5. The van der Waals surface area contributed by atoms with E-state index < -0.39 is 4.92 Å². The van der Waals surface area contributed by atoms with Crippen LogP contribution in [0.4, 0.5) is 11.5 Å². The van der Waals surface area contributed by atoms with E-state index in [-0.39, 0.29) is 5.69 Å². The first kappa shape index (κ1) is 11.3. The van der Waals surface area contributed by atoms with Crippen LogP contribution in [0.2, 0.25) is 0 Å². The number of anilines is 1. The molecule has 17 heavy (non-hydrogen) atoms. The second kappa shape index (κ2) is 4.78. The molecule has 1 aromatic rings. The Kier molecular flexibility index (Phi) is 3.19. The number of aromatic nitrogens is 1. The van der Waals surface area contributed by atoms with Crippen LogP contribution in [-0.2, 0) is 0 Å². The van der Waals surface area contributed by atoms with Crippen LogP contribution in [0.5, 0.6) is 0 Å². The summed E-state index contributed by atoms with van der Waals surface area (Å²) in [6.45, 7) is 0.579. The summed E-state index contributed by atoms with van der Waals surface area (Å²) in [5.41, 5.74) is 0.0395. The zero-order chi connectivity index (χ0) is 12.3. The molecule has 1 fully saturated rings. The molecule has 0 amide bonds. The van der Waals surface area contributed by atoms with Gasteiger partial charge in [0.2, 0.25) is 0 Å². The van der Waals surface area contributed by atoms with Crippen molar-refractivity contribution in [2.75, 3.05) is 11.4 Å². The normalized spacial score (nSPS) is 14.1. The third-order valence-electron chi connectivity index (χ3n) is 2.69. The van der Waals surface area contributed by atoms with Gasteiger partial charge in [0.15, 0.2) is 0 Å². The Morgan fingerprint density at radius 2 is 2.41 bits per heavy atom. The van der Waals surface area contributed by atoms with Crippen LogP contribution < -0.4 is 4.90 Å². The van der Waals surface area contributed by atoms with Crippen molar-refractivity contribution >= 4 is 11.5 Å². The maximum atomic E-state index is 10.7. The van der Waals surface area contributed by atoms with E-state index in [4.69, 9.17) is 5.26 Å². The molecular weight excluding hydrogens is 220 g/mol. The van der Waals surface area contributed by atoms with Crippen LogP contribution in [-0.4, -0.2) is 22.5 Å². The maximum Gasteiger partial charge on any atom is 0.274 e. The van der Waals surface area contributed by atoms with Crippen molar-refractivity contribution in [3.63, 3.8) is 0 Å². The molecule has 1 saturated carbocycles. The molecule has 0 aliphatic heterocycles. The summed E-state index contributed by atoms with van der Waals surface area (Å²) in [7, 11) is 0. The number of nitrogens with zero attached hydrogens (tertiary/aromatic N) is 4. The highest BCUT2D eigenvalue weighted by Gasteiger charge is 2.30. The summed E-state index contributed by atoms with van der Waals surface area (Å²) in [4.78, 5) is 16.4. The van der Waals surface area contributed by atoms with E-state index in [1.165, 1.54) is 18.3 Å². The van der Waals surface area contributed by atoms with Crippen molar-refractivity contribution < 1.29 is 4.92 Å². The van der Waals surface area contributed by atoms with E-state index in [0.717, 1.165) is 12.8 Å². The minimum absolute atomic E-state index is 0.0395. The second-order valence-corrected chi connectivity index (χ2v) is 3.96. The summed E-state index contributed by atoms with van der Waals surface area (Å²) < 4.78 is 0. The van der Waals surface area contributed by atoms with Crippen LogP contribution >= 0.6 is 0 Å². The highest BCUT2D eigenvalue weighted by atomic mass is 16.6. The topological polar surface area (TPSA) is 83.1 Å². The molecule has 0 radical (unpaired) electrons. The summed E-state index contributed by atoms with van der Waals surface area (Å²) in [5.74, 6) is 0.594. The predicted molar refractivity (Wildman–Crippen MR) is 61.5 cm³/mol. The lowest BCUT2D eigenvalue weighted by molar-refractivity contribution is -0.384. The molecule has 0 spiro atoms. The third kappa shape index (κ3) is 2.69. The van der Waals surface area contributed by atoms with Crippen molar-refractivity contribution in [2.45, 2.75) is 25.3 Å². The van der Waals surface area contributed by atoms with Gasteiger partial charge in [-0.15, -0.1) is 0 Å². The van der Waals surface area contributed by atoms with Gasteiger partial charge in [-0.3, -0.25) is 10.1 Å². The summed E-state index contributed by atoms with van der Waals surface area (Å²) in [6, 6.07) is 5.31. The smallest absolute Gasteiger partial charge is 0.274 e. The first-order valence-electron chi connectivity index (χ1n) is 5.46. The molecule has 1 aliphatic carbocycles. The van der Waals surface area contributed by atoms with Gasteiger partial charge < -0.3 is 4.90 Å². The zero-order valence-electron chi connectivity index (χ0n) is 9.24. The molecule has 1 aromatic heterocycles. The standard InChI is InChI=1S/C11H12N4O2/c12-5-1-7-14(9-2-3-9)11-8-10(15(16)17)4-6-13-11/h4,6,8-9H,1-3,7H2. The van der Waals surface area contributed by atoms with E-state index in [0.29, 0.717) is 24.8 Å². The Balaban J connectivity index is 2.20. The molecular formula is C11H12N4O2. The van der Waals surface area contributed by atoms with Crippen molar-refractivity contribution in [3.8, 4) is 6.07 Å². The predicted octanol–water partition coefficient (Wildman–Crippen LogP) is 1.87. The summed E-state index contributed by atoms with van der Waals surface area (Å²) >= 11 is 0. The first-order chi connectivity index (χ1) is 8.22. The molecule has 1 aliphatic rings. The fourth-order valence-corrected chi connectivity index (χ4v) is 1.72. The Morgan fingerprint density at radius 1 is 1.65 bits per heavy atom. The molecule has 0 aromatic carbocycles. The minimum Gasteiger partial charge on any atom is -0.352 e. The molecule has 88 valence electrons. The van der Waals surface area contributed by atoms with E-state index in [2.05, 4.69) is 11.1 Å². The molecule has 0 bridgehead atoms. The van der Waals surface area contributed by atoms with Gasteiger partial charge in [-0.05, 0) is 12.8 Å². The summed E-state index contributed by atoms with van der Waals surface area (Å²) in [6.07, 6.45) is 3.97. The van der Waals surface area contributed by atoms with Gasteiger partial charge in [0.05, 0.1) is 23.5 Å². The molecule has 0 atom stereocenters.